The van der Waals surface area contributed by atoms with Crippen molar-refractivity contribution in [2.75, 3.05) is 5.32 Å². The van der Waals surface area contributed by atoms with Crippen LogP contribution in [0, 0.1) is 0 Å². The first-order valence-electron chi connectivity index (χ1n) is 7.11. The maximum absolute atomic E-state index is 12.2. The van der Waals surface area contributed by atoms with E-state index in [-0.39, 0.29) is 36.1 Å². The van der Waals surface area contributed by atoms with Gasteiger partial charge in [0.1, 0.15) is 6.04 Å². The van der Waals surface area contributed by atoms with Crippen LogP contribution >= 0.6 is 0 Å². The van der Waals surface area contributed by atoms with Crippen molar-refractivity contribution in [3.8, 4) is 5.75 Å². The van der Waals surface area contributed by atoms with Gasteiger partial charge in [0.2, 0.25) is 11.8 Å². The van der Waals surface area contributed by atoms with Gasteiger partial charge in [0, 0.05) is 12.5 Å². The number of para-hydroxylation sites is 1. The number of carbonyl (C=O) groups is 3. The molecule has 1 aromatic carbocycles. The molecule has 0 aromatic heterocycles. The summed E-state index contributed by atoms with van der Waals surface area (Å²) in [5, 5.41) is 17.9. The minimum absolute atomic E-state index is 0.0790. The molecular weight excluding hydrogens is 286 g/mol. The summed E-state index contributed by atoms with van der Waals surface area (Å²) in [6.07, 6.45) is 0.429. The second-order valence-corrected chi connectivity index (χ2v) is 5.48. The van der Waals surface area contributed by atoms with Gasteiger partial charge in [0.25, 0.3) is 5.91 Å². The molecule has 1 saturated heterocycles. The molecule has 0 radical (unpaired) electrons. The maximum atomic E-state index is 12.2. The molecule has 118 valence electrons. The zero-order valence-corrected chi connectivity index (χ0v) is 12.5. The van der Waals surface area contributed by atoms with E-state index in [1.165, 1.54) is 6.07 Å². The molecule has 0 saturated carbocycles. The van der Waals surface area contributed by atoms with Gasteiger partial charge in [-0.3, -0.25) is 19.7 Å². The topological polar surface area (TPSA) is 108 Å². The quantitative estimate of drug-likeness (QED) is 0.485. The highest BCUT2D eigenvalue weighted by atomic mass is 16.3. The smallest absolute Gasteiger partial charge is 0.255 e. The first kappa shape index (κ1) is 15.8. The summed E-state index contributed by atoms with van der Waals surface area (Å²) in [5.74, 6) is -1.59. The van der Waals surface area contributed by atoms with Gasteiger partial charge in [-0.1, -0.05) is 6.07 Å². The van der Waals surface area contributed by atoms with Crippen molar-refractivity contribution in [1.82, 2.24) is 10.6 Å². The van der Waals surface area contributed by atoms with Crippen LogP contribution in [-0.4, -0.2) is 34.9 Å². The molecule has 2 rings (SSSR count). The normalized spacial score (nSPS) is 18.0. The highest BCUT2D eigenvalue weighted by molar-refractivity contribution is 6.05. The monoisotopic (exact) mass is 305 g/mol. The summed E-state index contributed by atoms with van der Waals surface area (Å²) in [7, 11) is 0. The third kappa shape index (κ3) is 3.55. The van der Waals surface area contributed by atoms with E-state index in [9.17, 15) is 19.5 Å². The zero-order chi connectivity index (χ0) is 16.3. The Morgan fingerprint density at radius 3 is 2.73 bits per heavy atom. The number of rotatable bonds is 4. The number of anilines is 1. The summed E-state index contributed by atoms with van der Waals surface area (Å²) < 4.78 is 0. The third-order valence-corrected chi connectivity index (χ3v) is 3.27. The lowest BCUT2D eigenvalue weighted by Crippen LogP contribution is -2.52. The lowest BCUT2D eigenvalue weighted by molar-refractivity contribution is -0.134. The second-order valence-electron chi connectivity index (χ2n) is 5.48. The third-order valence-electron chi connectivity index (χ3n) is 3.27. The summed E-state index contributed by atoms with van der Waals surface area (Å²) >= 11 is 0. The zero-order valence-electron chi connectivity index (χ0n) is 12.5. The van der Waals surface area contributed by atoms with Crippen molar-refractivity contribution in [3.05, 3.63) is 23.8 Å². The molecule has 0 bridgehead atoms. The van der Waals surface area contributed by atoms with Gasteiger partial charge >= 0.3 is 0 Å². The van der Waals surface area contributed by atoms with Crippen LogP contribution in [0.5, 0.6) is 5.75 Å². The number of amides is 3. The molecule has 22 heavy (non-hydrogen) atoms. The standard InChI is InChI=1S/C15H19N3O4/c1-8(2)16-10-5-3-4-9(13(10)20)14(21)17-11-6-7-12(19)18-15(11)22/h3-5,8,11,16,20H,6-7H2,1-2H3,(H,17,21)(H,18,19,22). The number of nitrogens with one attached hydrogen (secondary N) is 3. The lowest BCUT2D eigenvalue weighted by Gasteiger charge is -2.22. The van der Waals surface area contributed by atoms with E-state index < -0.39 is 17.9 Å². The van der Waals surface area contributed by atoms with E-state index in [1.54, 1.807) is 12.1 Å². The molecule has 3 amide bonds. The van der Waals surface area contributed by atoms with E-state index in [0.29, 0.717) is 5.69 Å². The predicted octanol–water partition coefficient (Wildman–Crippen LogP) is 0.748. The van der Waals surface area contributed by atoms with Crippen LogP contribution in [0.15, 0.2) is 18.2 Å². The molecule has 4 N–H and O–H groups in total. The summed E-state index contributed by atoms with van der Waals surface area (Å²) in [6.45, 7) is 3.82. The number of carbonyl (C=O) groups excluding carboxylic acids is 3. The minimum Gasteiger partial charge on any atom is -0.505 e. The molecule has 7 heteroatoms. The number of phenols is 1. The van der Waals surface area contributed by atoms with Crippen molar-refractivity contribution < 1.29 is 19.5 Å². The first-order valence-corrected chi connectivity index (χ1v) is 7.11. The van der Waals surface area contributed by atoms with E-state index in [1.807, 2.05) is 13.8 Å². The van der Waals surface area contributed by atoms with Gasteiger partial charge in [-0.25, -0.2) is 0 Å². The average Bonchev–Trinajstić information content (AvgIpc) is 2.43. The Hall–Kier alpha value is -2.57. The van der Waals surface area contributed by atoms with Crippen molar-refractivity contribution in [2.24, 2.45) is 0 Å². The van der Waals surface area contributed by atoms with Crippen LogP contribution in [0.4, 0.5) is 5.69 Å². The van der Waals surface area contributed by atoms with Crippen molar-refractivity contribution in [2.45, 2.75) is 38.8 Å². The van der Waals surface area contributed by atoms with Crippen molar-refractivity contribution in [1.29, 1.82) is 0 Å². The van der Waals surface area contributed by atoms with Crippen LogP contribution in [0.2, 0.25) is 0 Å². The molecule has 0 aliphatic carbocycles. The Morgan fingerprint density at radius 2 is 2.09 bits per heavy atom. The van der Waals surface area contributed by atoms with Crippen LogP contribution in [0.25, 0.3) is 0 Å². The van der Waals surface area contributed by atoms with E-state index in [4.69, 9.17) is 0 Å². The largest absolute Gasteiger partial charge is 0.505 e. The molecule has 1 aliphatic heterocycles. The van der Waals surface area contributed by atoms with Crippen LogP contribution in [0.1, 0.15) is 37.0 Å². The van der Waals surface area contributed by atoms with E-state index in [2.05, 4.69) is 16.0 Å². The highest BCUT2D eigenvalue weighted by Gasteiger charge is 2.28. The number of imide groups is 1. The fourth-order valence-electron chi connectivity index (χ4n) is 2.22. The minimum atomic E-state index is -0.772. The number of hydrogen-bond donors (Lipinski definition) is 4. The summed E-state index contributed by atoms with van der Waals surface area (Å²) in [6, 6.07) is 4.11. The van der Waals surface area contributed by atoms with E-state index in [0.717, 1.165) is 0 Å². The Balaban J connectivity index is 2.13. The van der Waals surface area contributed by atoms with Crippen LogP contribution < -0.4 is 16.0 Å². The van der Waals surface area contributed by atoms with Crippen LogP contribution in [-0.2, 0) is 9.59 Å². The Bertz CT molecular complexity index is 613. The van der Waals surface area contributed by atoms with Gasteiger partial charge < -0.3 is 15.7 Å². The molecule has 1 aromatic rings. The Labute approximate surface area is 128 Å². The molecule has 1 aliphatic rings. The summed E-state index contributed by atoms with van der Waals surface area (Å²) in [5.41, 5.74) is 0.529. The van der Waals surface area contributed by atoms with Crippen molar-refractivity contribution >= 4 is 23.4 Å². The number of benzene rings is 1. The number of aromatic hydroxyl groups is 1. The fraction of sp³-hybridized carbons (Fsp3) is 0.400. The molecule has 1 atom stereocenters. The van der Waals surface area contributed by atoms with Gasteiger partial charge in [0.15, 0.2) is 5.75 Å². The van der Waals surface area contributed by atoms with Gasteiger partial charge in [-0.05, 0) is 32.4 Å². The summed E-state index contributed by atoms with van der Waals surface area (Å²) in [4.78, 5) is 35.0. The predicted molar refractivity (Wildman–Crippen MR) is 80.5 cm³/mol. The fourth-order valence-corrected chi connectivity index (χ4v) is 2.22. The van der Waals surface area contributed by atoms with E-state index >= 15 is 0 Å². The Kier molecular flexibility index (Phi) is 4.65. The molecule has 7 nitrogen and oxygen atoms in total. The maximum Gasteiger partial charge on any atom is 0.255 e. The average molecular weight is 305 g/mol. The first-order chi connectivity index (χ1) is 10.4. The number of phenolic OH excluding ortho intramolecular Hbond substituents is 1. The lowest BCUT2D eigenvalue weighted by atomic mass is 10.0. The molecular formula is C15H19N3O4. The second kappa shape index (κ2) is 6.46. The molecule has 1 unspecified atom stereocenters. The van der Waals surface area contributed by atoms with Crippen LogP contribution in [0.3, 0.4) is 0 Å². The molecule has 1 heterocycles. The Morgan fingerprint density at radius 1 is 1.36 bits per heavy atom. The van der Waals surface area contributed by atoms with Gasteiger partial charge in [0.05, 0.1) is 11.3 Å². The molecule has 1 fully saturated rings. The number of piperidine rings is 1. The molecule has 0 spiro atoms. The highest BCUT2D eigenvalue weighted by Crippen LogP contribution is 2.28. The van der Waals surface area contributed by atoms with Crippen molar-refractivity contribution in [3.63, 3.8) is 0 Å². The number of hydrogen-bond acceptors (Lipinski definition) is 5. The van der Waals surface area contributed by atoms with Gasteiger partial charge in [-0.2, -0.15) is 0 Å². The SMILES string of the molecule is CC(C)Nc1cccc(C(=O)NC2CCC(=O)NC2=O)c1O. The van der Waals surface area contributed by atoms with Gasteiger partial charge in [-0.15, -0.1) is 0 Å².